The first kappa shape index (κ1) is 14.7. The summed E-state index contributed by atoms with van der Waals surface area (Å²) in [5, 5.41) is 15.5. The van der Waals surface area contributed by atoms with E-state index in [0.29, 0.717) is 5.56 Å². The standard InChI is InChI=1S/C14H18N4OS/c1-20-13-4-2-3-12(11(13)9-15)17-10-14(19)18-7-5-16-6-8-18/h2-4,16-17H,5-8,10H2,1H3. The van der Waals surface area contributed by atoms with Gasteiger partial charge in [0, 0.05) is 31.1 Å². The molecule has 0 saturated carbocycles. The molecule has 1 heterocycles. The van der Waals surface area contributed by atoms with Crippen molar-refractivity contribution in [3.05, 3.63) is 23.8 Å². The Kier molecular flexibility index (Phi) is 5.27. The number of thioether (sulfide) groups is 1. The molecule has 2 rings (SSSR count). The van der Waals surface area contributed by atoms with Gasteiger partial charge in [-0.1, -0.05) is 6.07 Å². The Bertz CT molecular complexity index is 520. The minimum absolute atomic E-state index is 0.0740. The zero-order valence-corrected chi connectivity index (χ0v) is 12.3. The SMILES string of the molecule is CSc1cccc(NCC(=O)N2CCNCC2)c1C#N. The highest BCUT2D eigenvalue weighted by atomic mass is 32.2. The highest BCUT2D eigenvalue weighted by Gasteiger charge is 2.16. The molecule has 0 spiro atoms. The first-order valence-electron chi connectivity index (χ1n) is 6.55. The number of piperazine rings is 1. The van der Waals surface area contributed by atoms with E-state index in [1.165, 1.54) is 11.8 Å². The summed E-state index contributed by atoms with van der Waals surface area (Å²) in [6.07, 6.45) is 1.94. The summed E-state index contributed by atoms with van der Waals surface area (Å²) in [6.45, 7) is 3.41. The second-order valence-electron chi connectivity index (χ2n) is 4.48. The number of carbonyl (C=O) groups excluding carboxylic acids is 1. The molecule has 1 aliphatic heterocycles. The van der Waals surface area contributed by atoms with Crippen LogP contribution in [0.15, 0.2) is 23.1 Å². The number of hydrogen-bond acceptors (Lipinski definition) is 5. The van der Waals surface area contributed by atoms with Gasteiger partial charge in [-0.05, 0) is 18.4 Å². The van der Waals surface area contributed by atoms with Crippen molar-refractivity contribution in [2.24, 2.45) is 0 Å². The van der Waals surface area contributed by atoms with Crippen molar-refractivity contribution < 1.29 is 4.79 Å². The average molecular weight is 290 g/mol. The summed E-state index contributed by atoms with van der Waals surface area (Å²) in [6, 6.07) is 7.84. The molecular formula is C14H18N4OS. The van der Waals surface area contributed by atoms with Gasteiger partial charge in [-0.3, -0.25) is 4.79 Å². The van der Waals surface area contributed by atoms with Crippen LogP contribution in [0.25, 0.3) is 0 Å². The minimum atomic E-state index is 0.0740. The van der Waals surface area contributed by atoms with Gasteiger partial charge < -0.3 is 15.5 Å². The molecule has 1 saturated heterocycles. The predicted molar refractivity (Wildman–Crippen MR) is 80.9 cm³/mol. The number of hydrogen-bond donors (Lipinski definition) is 2. The van der Waals surface area contributed by atoms with Crippen LogP contribution in [0.4, 0.5) is 5.69 Å². The van der Waals surface area contributed by atoms with Crippen LogP contribution in [-0.4, -0.2) is 49.8 Å². The number of benzene rings is 1. The second kappa shape index (κ2) is 7.17. The Hall–Kier alpha value is -1.71. The molecule has 0 aromatic heterocycles. The first-order chi connectivity index (χ1) is 9.76. The van der Waals surface area contributed by atoms with E-state index in [9.17, 15) is 10.1 Å². The minimum Gasteiger partial charge on any atom is -0.375 e. The third-order valence-corrected chi connectivity index (χ3v) is 4.04. The third kappa shape index (κ3) is 3.44. The molecule has 0 unspecified atom stereocenters. The van der Waals surface area contributed by atoms with E-state index >= 15 is 0 Å². The number of anilines is 1. The third-order valence-electron chi connectivity index (χ3n) is 3.26. The van der Waals surface area contributed by atoms with Gasteiger partial charge in [0.05, 0.1) is 17.8 Å². The lowest BCUT2D eigenvalue weighted by Crippen LogP contribution is -2.48. The van der Waals surface area contributed by atoms with Gasteiger partial charge in [0.1, 0.15) is 6.07 Å². The van der Waals surface area contributed by atoms with E-state index in [4.69, 9.17) is 0 Å². The Morgan fingerprint density at radius 2 is 2.25 bits per heavy atom. The fourth-order valence-corrected chi connectivity index (χ4v) is 2.74. The molecule has 0 atom stereocenters. The summed E-state index contributed by atoms with van der Waals surface area (Å²) in [7, 11) is 0. The monoisotopic (exact) mass is 290 g/mol. The van der Waals surface area contributed by atoms with Gasteiger partial charge in [-0.2, -0.15) is 5.26 Å². The molecule has 0 radical (unpaired) electrons. The van der Waals surface area contributed by atoms with Crippen LogP contribution in [0.1, 0.15) is 5.56 Å². The lowest BCUT2D eigenvalue weighted by atomic mass is 10.2. The first-order valence-corrected chi connectivity index (χ1v) is 7.78. The van der Waals surface area contributed by atoms with Crippen LogP contribution >= 0.6 is 11.8 Å². The topological polar surface area (TPSA) is 68.2 Å². The van der Waals surface area contributed by atoms with Gasteiger partial charge in [0.2, 0.25) is 5.91 Å². The van der Waals surface area contributed by atoms with Crippen molar-refractivity contribution in [1.82, 2.24) is 10.2 Å². The van der Waals surface area contributed by atoms with E-state index in [-0.39, 0.29) is 12.5 Å². The van der Waals surface area contributed by atoms with E-state index in [1.807, 2.05) is 29.4 Å². The van der Waals surface area contributed by atoms with Crippen molar-refractivity contribution in [3.8, 4) is 6.07 Å². The average Bonchev–Trinajstić information content (AvgIpc) is 2.52. The number of rotatable bonds is 4. The van der Waals surface area contributed by atoms with Crippen LogP contribution in [0, 0.1) is 11.3 Å². The molecule has 1 aliphatic rings. The molecule has 20 heavy (non-hydrogen) atoms. The van der Waals surface area contributed by atoms with Crippen LogP contribution in [-0.2, 0) is 4.79 Å². The number of nitrogens with zero attached hydrogens (tertiary/aromatic N) is 2. The zero-order chi connectivity index (χ0) is 14.4. The number of nitriles is 1. The van der Waals surface area contributed by atoms with Gasteiger partial charge >= 0.3 is 0 Å². The summed E-state index contributed by atoms with van der Waals surface area (Å²) in [5.74, 6) is 0.0740. The van der Waals surface area contributed by atoms with Crippen molar-refractivity contribution in [2.45, 2.75) is 4.90 Å². The van der Waals surface area contributed by atoms with Crippen LogP contribution < -0.4 is 10.6 Å². The second-order valence-corrected chi connectivity index (χ2v) is 5.33. The molecule has 1 fully saturated rings. The van der Waals surface area contributed by atoms with Crippen molar-refractivity contribution in [3.63, 3.8) is 0 Å². The molecule has 1 amide bonds. The molecule has 0 bridgehead atoms. The highest BCUT2D eigenvalue weighted by Crippen LogP contribution is 2.26. The number of nitrogens with one attached hydrogen (secondary N) is 2. The molecule has 0 aliphatic carbocycles. The molecule has 5 nitrogen and oxygen atoms in total. The summed E-state index contributed by atoms with van der Waals surface area (Å²) in [4.78, 5) is 14.8. The maximum absolute atomic E-state index is 12.1. The van der Waals surface area contributed by atoms with Crippen LogP contribution in [0.2, 0.25) is 0 Å². The van der Waals surface area contributed by atoms with Crippen LogP contribution in [0.3, 0.4) is 0 Å². The molecular weight excluding hydrogens is 272 g/mol. The fraction of sp³-hybridized carbons (Fsp3) is 0.429. The lowest BCUT2D eigenvalue weighted by molar-refractivity contribution is -0.129. The van der Waals surface area contributed by atoms with E-state index < -0.39 is 0 Å². The smallest absolute Gasteiger partial charge is 0.241 e. The number of carbonyl (C=O) groups is 1. The molecule has 106 valence electrons. The van der Waals surface area contributed by atoms with Crippen molar-refractivity contribution in [1.29, 1.82) is 5.26 Å². The van der Waals surface area contributed by atoms with Gasteiger partial charge in [0.15, 0.2) is 0 Å². The molecule has 1 aromatic carbocycles. The Morgan fingerprint density at radius 1 is 1.50 bits per heavy atom. The lowest BCUT2D eigenvalue weighted by Gasteiger charge is -2.27. The Labute approximate surface area is 123 Å². The van der Waals surface area contributed by atoms with Crippen molar-refractivity contribution >= 4 is 23.4 Å². The normalized spacial score (nSPS) is 14.7. The maximum Gasteiger partial charge on any atom is 0.241 e. The molecule has 6 heteroatoms. The largest absolute Gasteiger partial charge is 0.375 e. The van der Waals surface area contributed by atoms with Crippen molar-refractivity contribution in [2.75, 3.05) is 44.3 Å². The maximum atomic E-state index is 12.1. The summed E-state index contributed by atoms with van der Waals surface area (Å²) >= 11 is 1.53. The van der Waals surface area contributed by atoms with E-state index in [0.717, 1.165) is 36.8 Å². The van der Waals surface area contributed by atoms with E-state index in [2.05, 4.69) is 16.7 Å². The van der Waals surface area contributed by atoms with Gasteiger partial charge in [-0.25, -0.2) is 0 Å². The Balaban J connectivity index is 2.00. The predicted octanol–water partition coefficient (Wildman–Crippen LogP) is 1.12. The Morgan fingerprint density at radius 3 is 2.90 bits per heavy atom. The van der Waals surface area contributed by atoms with Gasteiger partial charge in [-0.15, -0.1) is 11.8 Å². The summed E-state index contributed by atoms with van der Waals surface area (Å²) in [5.41, 5.74) is 1.33. The zero-order valence-electron chi connectivity index (χ0n) is 11.5. The highest BCUT2D eigenvalue weighted by molar-refractivity contribution is 7.98. The fourth-order valence-electron chi connectivity index (χ4n) is 2.16. The van der Waals surface area contributed by atoms with Crippen LogP contribution in [0.5, 0.6) is 0 Å². The van der Waals surface area contributed by atoms with E-state index in [1.54, 1.807) is 0 Å². The number of amides is 1. The van der Waals surface area contributed by atoms with Gasteiger partial charge in [0.25, 0.3) is 0 Å². The molecule has 2 N–H and O–H groups in total. The quantitative estimate of drug-likeness (QED) is 0.814. The summed E-state index contributed by atoms with van der Waals surface area (Å²) < 4.78 is 0. The molecule has 1 aromatic rings.